The maximum Gasteiger partial charge on any atom is 0.246 e. The van der Waals surface area contributed by atoms with Gasteiger partial charge in [0, 0.05) is 12.6 Å². The minimum Gasteiger partial charge on any atom is -0.497 e. The normalized spacial score (nSPS) is 10.2. The van der Waals surface area contributed by atoms with Crippen LogP contribution in [0.25, 0.3) is 0 Å². The molecule has 0 unspecified atom stereocenters. The molecule has 0 bridgehead atoms. The molecule has 112 valence electrons. The molecular formula is C13H17N5O3. The Morgan fingerprint density at radius 2 is 2.19 bits per heavy atom. The molecule has 0 aliphatic heterocycles. The molecule has 0 spiro atoms. The number of carbonyl (C=O) groups is 1. The van der Waals surface area contributed by atoms with Gasteiger partial charge in [-0.3, -0.25) is 4.79 Å². The van der Waals surface area contributed by atoms with Crippen molar-refractivity contribution < 1.29 is 14.3 Å². The second-order valence-electron chi connectivity index (χ2n) is 4.23. The first-order chi connectivity index (χ1) is 10.2. The van der Waals surface area contributed by atoms with E-state index in [4.69, 9.17) is 15.2 Å². The number of ether oxygens (including phenoxy) is 2. The molecule has 8 heteroatoms. The number of nitrogens with zero attached hydrogens (tertiary/aromatic N) is 3. The van der Waals surface area contributed by atoms with E-state index < -0.39 is 0 Å². The molecule has 0 radical (unpaired) electrons. The van der Waals surface area contributed by atoms with Crippen molar-refractivity contribution in [2.75, 3.05) is 19.5 Å². The van der Waals surface area contributed by atoms with Crippen LogP contribution in [-0.4, -0.2) is 35.1 Å². The van der Waals surface area contributed by atoms with Gasteiger partial charge in [-0.15, -0.1) is 5.10 Å². The zero-order valence-electron chi connectivity index (χ0n) is 11.9. The highest BCUT2D eigenvalue weighted by Crippen LogP contribution is 2.28. The Hall–Kier alpha value is -2.61. The maximum absolute atomic E-state index is 12.0. The lowest BCUT2D eigenvalue weighted by atomic mass is 10.2. The van der Waals surface area contributed by atoms with Crippen molar-refractivity contribution in [3.63, 3.8) is 0 Å². The Balaban J connectivity index is 2.05. The zero-order valence-corrected chi connectivity index (χ0v) is 11.9. The minimum atomic E-state index is -0.244. The Kier molecular flexibility index (Phi) is 4.72. The molecule has 0 saturated carbocycles. The zero-order chi connectivity index (χ0) is 15.2. The van der Waals surface area contributed by atoms with Gasteiger partial charge in [-0.05, 0) is 12.1 Å². The van der Waals surface area contributed by atoms with Crippen LogP contribution in [0, 0.1) is 0 Å². The monoisotopic (exact) mass is 291 g/mol. The minimum absolute atomic E-state index is 0.0438. The topological polar surface area (TPSA) is 104 Å². The van der Waals surface area contributed by atoms with Crippen molar-refractivity contribution in [3.05, 3.63) is 30.1 Å². The van der Waals surface area contributed by atoms with Gasteiger partial charge in [0.15, 0.2) is 0 Å². The molecular weight excluding hydrogens is 274 g/mol. The van der Waals surface area contributed by atoms with Gasteiger partial charge in [0.2, 0.25) is 5.91 Å². The standard InChI is InChI=1S/C13H17N5O3/c1-20-10-3-4-11(12(5-10)21-2)15-13(19)8-18-7-9(6-14)16-17-18/h3-5,7H,6,8,14H2,1-2H3,(H,15,19). The van der Waals surface area contributed by atoms with E-state index in [0.29, 0.717) is 22.9 Å². The number of hydrogen-bond donors (Lipinski definition) is 2. The predicted molar refractivity (Wildman–Crippen MR) is 76.1 cm³/mol. The molecule has 1 amide bonds. The van der Waals surface area contributed by atoms with Gasteiger partial charge in [-0.1, -0.05) is 5.21 Å². The average molecular weight is 291 g/mol. The van der Waals surface area contributed by atoms with Crippen LogP contribution in [0.3, 0.4) is 0 Å². The van der Waals surface area contributed by atoms with E-state index in [-0.39, 0.29) is 19.0 Å². The smallest absolute Gasteiger partial charge is 0.246 e. The summed E-state index contributed by atoms with van der Waals surface area (Å²) in [5, 5.41) is 10.4. The number of methoxy groups -OCH3 is 2. The van der Waals surface area contributed by atoms with Gasteiger partial charge in [0.25, 0.3) is 0 Å². The summed E-state index contributed by atoms with van der Waals surface area (Å²) in [6, 6.07) is 5.14. The number of nitrogens with one attached hydrogen (secondary N) is 1. The number of amides is 1. The van der Waals surface area contributed by atoms with E-state index in [0.717, 1.165) is 0 Å². The van der Waals surface area contributed by atoms with Gasteiger partial charge < -0.3 is 20.5 Å². The summed E-state index contributed by atoms with van der Waals surface area (Å²) in [7, 11) is 3.09. The fourth-order valence-corrected chi connectivity index (χ4v) is 1.75. The van der Waals surface area contributed by atoms with Crippen LogP contribution in [0.5, 0.6) is 11.5 Å². The summed E-state index contributed by atoms with van der Waals surface area (Å²) in [6.45, 7) is 0.329. The summed E-state index contributed by atoms with van der Waals surface area (Å²) >= 11 is 0. The van der Waals surface area contributed by atoms with Crippen LogP contribution >= 0.6 is 0 Å². The molecule has 8 nitrogen and oxygen atoms in total. The first kappa shape index (κ1) is 14.8. The fourth-order valence-electron chi connectivity index (χ4n) is 1.75. The molecule has 0 aliphatic carbocycles. The van der Waals surface area contributed by atoms with Crippen molar-refractivity contribution in [1.29, 1.82) is 0 Å². The summed E-state index contributed by atoms with van der Waals surface area (Å²) < 4.78 is 11.7. The highest BCUT2D eigenvalue weighted by atomic mass is 16.5. The van der Waals surface area contributed by atoms with Gasteiger partial charge in [0.05, 0.1) is 31.8 Å². The average Bonchev–Trinajstić information content (AvgIpc) is 2.95. The van der Waals surface area contributed by atoms with Crippen molar-refractivity contribution >= 4 is 11.6 Å². The van der Waals surface area contributed by atoms with E-state index in [1.807, 2.05) is 0 Å². The molecule has 2 rings (SSSR count). The molecule has 2 aromatic rings. The van der Waals surface area contributed by atoms with Crippen LogP contribution < -0.4 is 20.5 Å². The van der Waals surface area contributed by atoms with Crippen molar-refractivity contribution in [2.45, 2.75) is 13.1 Å². The van der Waals surface area contributed by atoms with E-state index in [1.54, 1.807) is 31.5 Å². The molecule has 21 heavy (non-hydrogen) atoms. The van der Waals surface area contributed by atoms with E-state index in [2.05, 4.69) is 15.6 Å². The lowest BCUT2D eigenvalue weighted by molar-refractivity contribution is -0.116. The number of nitrogens with two attached hydrogens (primary N) is 1. The molecule has 1 aromatic carbocycles. The first-order valence-corrected chi connectivity index (χ1v) is 6.27. The lowest BCUT2D eigenvalue weighted by Crippen LogP contribution is -2.19. The highest BCUT2D eigenvalue weighted by Gasteiger charge is 2.10. The SMILES string of the molecule is COc1ccc(NC(=O)Cn2cc(CN)nn2)c(OC)c1. The number of aromatic nitrogens is 3. The summed E-state index contributed by atoms with van der Waals surface area (Å²) in [4.78, 5) is 12.0. The molecule has 0 aliphatic rings. The number of hydrogen-bond acceptors (Lipinski definition) is 6. The van der Waals surface area contributed by atoms with Crippen molar-refractivity contribution in [3.8, 4) is 11.5 Å². The van der Waals surface area contributed by atoms with Crippen molar-refractivity contribution in [1.82, 2.24) is 15.0 Å². The second-order valence-corrected chi connectivity index (χ2v) is 4.23. The quantitative estimate of drug-likeness (QED) is 0.798. The van der Waals surface area contributed by atoms with Gasteiger partial charge in [-0.2, -0.15) is 0 Å². The molecule has 0 fully saturated rings. The Labute approximate surface area is 121 Å². The molecule has 3 N–H and O–H groups in total. The van der Waals surface area contributed by atoms with Crippen LogP contribution in [0.2, 0.25) is 0 Å². The van der Waals surface area contributed by atoms with Crippen LogP contribution in [-0.2, 0) is 17.9 Å². The first-order valence-electron chi connectivity index (χ1n) is 6.27. The Morgan fingerprint density at radius 3 is 2.81 bits per heavy atom. The van der Waals surface area contributed by atoms with Gasteiger partial charge in [-0.25, -0.2) is 4.68 Å². The third-order valence-corrected chi connectivity index (χ3v) is 2.78. The summed E-state index contributed by atoms with van der Waals surface area (Å²) in [6.07, 6.45) is 1.63. The molecule has 0 atom stereocenters. The van der Waals surface area contributed by atoms with Crippen LogP contribution in [0.15, 0.2) is 24.4 Å². The summed E-state index contributed by atoms with van der Waals surface area (Å²) in [5.41, 5.74) is 6.63. The van der Waals surface area contributed by atoms with E-state index >= 15 is 0 Å². The van der Waals surface area contributed by atoms with Crippen LogP contribution in [0.1, 0.15) is 5.69 Å². The maximum atomic E-state index is 12.0. The highest BCUT2D eigenvalue weighted by molar-refractivity contribution is 5.92. The Morgan fingerprint density at radius 1 is 1.38 bits per heavy atom. The molecule has 0 saturated heterocycles. The largest absolute Gasteiger partial charge is 0.497 e. The number of anilines is 1. The fraction of sp³-hybridized carbons (Fsp3) is 0.308. The third-order valence-electron chi connectivity index (χ3n) is 2.78. The lowest BCUT2D eigenvalue weighted by Gasteiger charge is -2.11. The molecule has 1 aromatic heterocycles. The number of benzene rings is 1. The van der Waals surface area contributed by atoms with E-state index in [9.17, 15) is 4.79 Å². The van der Waals surface area contributed by atoms with Gasteiger partial charge in [0.1, 0.15) is 18.0 Å². The van der Waals surface area contributed by atoms with Gasteiger partial charge >= 0.3 is 0 Å². The predicted octanol–water partition coefficient (Wildman–Crippen LogP) is 0.393. The van der Waals surface area contributed by atoms with Crippen LogP contribution in [0.4, 0.5) is 5.69 Å². The number of carbonyl (C=O) groups excluding carboxylic acids is 1. The Bertz CT molecular complexity index is 626. The third kappa shape index (κ3) is 3.69. The number of rotatable bonds is 6. The molecule has 1 heterocycles. The van der Waals surface area contributed by atoms with Crippen molar-refractivity contribution in [2.24, 2.45) is 5.73 Å². The second kappa shape index (κ2) is 6.71. The summed E-state index contributed by atoms with van der Waals surface area (Å²) in [5.74, 6) is 0.921. The van der Waals surface area contributed by atoms with E-state index in [1.165, 1.54) is 11.8 Å².